The van der Waals surface area contributed by atoms with Crippen molar-refractivity contribution in [2.24, 2.45) is 5.73 Å². The fraction of sp³-hybridized carbons (Fsp3) is 0.400. The van der Waals surface area contributed by atoms with E-state index < -0.39 is 5.92 Å². The van der Waals surface area contributed by atoms with Crippen LogP contribution in [-0.4, -0.2) is 6.54 Å². The third-order valence-electron chi connectivity index (χ3n) is 2.12. The van der Waals surface area contributed by atoms with Gasteiger partial charge in [0.2, 0.25) is 0 Å². The highest BCUT2D eigenvalue weighted by Gasteiger charge is 2.32. The highest BCUT2D eigenvalue weighted by Crippen LogP contribution is 2.35. The highest BCUT2D eigenvalue weighted by atomic mass is 79.9. The molecule has 0 saturated carbocycles. The molecule has 14 heavy (non-hydrogen) atoms. The van der Waals surface area contributed by atoms with Gasteiger partial charge in [-0.15, -0.1) is 0 Å². The first kappa shape index (κ1) is 11.6. The van der Waals surface area contributed by atoms with Crippen molar-refractivity contribution < 1.29 is 8.78 Å². The molecule has 0 atom stereocenters. The first-order chi connectivity index (χ1) is 6.49. The second kappa shape index (κ2) is 4.36. The van der Waals surface area contributed by atoms with Crippen LogP contribution in [-0.2, 0) is 5.92 Å². The van der Waals surface area contributed by atoms with Crippen molar-refractivity contribution in [2.45, 2.75) is 19.3 Å². The molecule has 0 spiro atoms. The molecule has 0 aliphatic heterocycles. The summed E-state index contributed by atoms with van der Waals surface area (Å²) in [6, 6.07) is 4.80. The zero-order chi connectivity index (χ0) is 10.8. The van der Waals surface area contributed by atoms with Gasteiger partial charge in [0.1, 0.15) is 0 Å². The first-order valence-electron chi connectivity index (χ1n) is 4.32. The number of nitrogens with two attached hydrogens (primary N) is 1. The van der Waals surface area contributed by atoms with Crippen LogP contribution in [0.1, 0.15) is 17.5 Å². The molecule has 0 fully saturated rings. The average molecular weight is 264 g/mol. The van der Waals surface area contributed by atoms with E-state index in [2.05, 4.69) is 15.9 Å². The fourth-order valence-corrected chi connectivity index (χ4v) is 1.69. The number of alkyl halides is 2. The molecule has 0 aromatic heterocycles. The van der Waals surface area contributed by atoms with Crippen molar-refractivity contribution in [3.05, 3.63) is 33.8 Å². The minimum absolute atomic E-state index is 0.0149. The van der Waals surface area contributed by atoms with Crippen LogP contribution in [0.3, 0.4) is 0 Å². The highest BCUT2D eigenvalue weighted by molar-refractivity contribution is 9.10. The van der Waals surface area contributed by atoms with E-state index in [9.17, 15) is 8.78 Å². The van der Waals surface area contributed by atoms with Crippen molar-refractivity contribution in [3.8, 4) is 0 Å². The number of hydrogen-bond acceptors (Lipinski definition) is 1. The van der Waals surface area contributed by atoms with Gasteiger partial charge in [-0.1, -0.05) is 28.1 Å². The Morgan fingerprint density at radius 3 is 2.64 bits per heavy atom. The van der Waals surface area contributed by atoms with Gasteiger partial charge < -0.3 is 5.73 Å². The van der Waals surface area contributed by atoms with Gasteiger partial charge in [0.25, 0.3) is 5.92 Å². The SMILES string of the molecule is Cc1c(Br)cccc1C(F)(F)CCN. The third kappa shape index (κ3) is 2.30. The Kier molecular flexibility index (Phi) is 3.61. The van der Waals surface area contributed by atoms with Gasteiger partial charge in [-0.3, -0.25) is 0 Å². The molecule has 1 aromatic rings. The summed E-state index contributed by atoms with van der Waals surface area (Å²) < 4.78 is 27.7. The molecule has 0 aliphatic rings. The minimum Gasteiger partial charge on any atom is -0.330 e. The van der Waals surface area contributed by atoms with Gasteiger partial charge in [0.05, 0.1) is 0 Å². The Balaban J connectivity index is 3.12. The second-order valence-electron chi connectivity index (χ2n) is 3.16. The molecular formula is C10H12BrF2N. The molecule has 4 heteroatoms. The number of rotatable bonds is 3. The van der Waals surface area contributed by atoms with Crippen LogP contribution in [0.15, 0.2) is 22.7 Å². The molecule has 0 unspecified atom stereocenters. The molecule has 0 heterocycles. The van der Waals surface area contributed by atoms with Crippen LogP contribution < -0.4 is 5.73 Å². The van der Waals surface area contributed by atoms with Gasteiger partial charge in [-0.25, -0.2) is 8.78 Å². The van der Waals surface area contributed by atoms with E-state index in [-0.39, 0.29) is 18.5 Å². The van der Waals surface area contributed by atoms with Crippen LogP contribution in [0.2, 0.25) is 0 Å². The molecule has 1 aromatic carbocycles. The number of halogens is 3. The zero-order valence-corrected chi connectivity index (χ0v) is 9.44. The quantitative estimate of drug-likeness (QED) is 0.891. The summed E-state index contributed by atoms with van der Waals surface area (Å²) in [6.07, 6.45) is -0.315. The van der Waals surface area contributed by atoms with Gasteiger partial charge >= 0.3 is 0 Å². The van der Waals surface area contributed by atoms with Crippen LogP contribution in [0.4, 0.5) is 8.78 Å². The van der Waals surface area contributed by atoms with E-state index in [1.807, 2.05) is 0 Å². The van der Waals surface area contributed by atoms with Gasteiger partial charge in [0.15, 0.2) is 0 Å². The Hall–Kier alpha value is -0.480. The van der Waals surface area contributed by atoms with E-state index in [1.165, 1.54) is 6.07 Å². The van der Waals surface area contributed by atoms with Gasteiger partial charge in [0, 0.05) is 16.5 Å². The van der Waals surface area contributed by atoms with E-state index >= 15 is 0 Å². The molecule has 0 saturated heterocycles. The summed E-state index contributed by atoms with van der Waals surface area (Å²) in [4.78, 5) is 0. The van der Waals surface area contributed by atoms with Crippen molar-refractivity contribution in [2.75, 3.05) is 6.54 Å². The van der Waals surface area contributed by atoms with Crippen LogP contribution in [0.5, 0.6) is 0 Å². The summed E-state index contributed by atoms with van der Waals surface area (Å²) in [7, 11) is 0. The summed E-state index contributed by atoms with van der Waals surface area (Å²) >= 11 is 3.23. The summed E-state index contributed by atoms with van der Waals surface area (Å²) in [5.74, 6) is -2.83. The standard InChI is InChI=1S/C10H12BrF2N/c1-7-8(3-2-4-9(7)11)10(12,13)5-6-14/h2-4H,5-6,14H2,1H3. The monoisotopic (exact) mass is 263 g/mol. The molecule has 0 radical (unpaired) electrons. The zero-order valence-electron chi connectivity index (χ0n) is 7.86. The lowest BCUT2D eigenvalue weighted by molar-refractivity contribution is -0.0113. The predicted octanol–water partition coefficient (Wildman–Crippen LogP) is 3.20. The van der Waals surface area contributed by atoms with Gasteiger partial charge in [-0.2, -0.15) is 0 Å². The third-order valence-corrected chi connectivity index (χ3v) is 2.98. The van der Waals surface area contributed by atoms with Crippen molar-refractivity contribution >= 4 is 15.9 Å². The maximum atomic E-state index is 13.5. The molecule has 2 N–H and O–H groups in total. The maximum Gasteiger partial charge on any atom is 0.274 e. The fourth-order valence-electron chi connectivity index (χ4n) is 1.32. The van der Waals surface area contributed by atoms with E-state index in [1.54, 1.807) is 19.1 Å². The molecule has 0 bridgehead atoms. The lowest BCUT2D eigenvalue weighted by Gasteiger charge is -2.18. The van der Waals surface area contributed by atoms with Crippen molar-refractivity contribution in [1.82, 2.24) is 0 Å². The van der Waals surface area contributed by atoms with Crippen LogP contribution >= 0.6 is 15.9 Å². The Bertz CT molecular complexity index is 326. The van der Waals surface area contributed by atoms with E-state index in [0.717, 1.165) is 0 Å². The van der Waals surface area contributed by atoms with E-state index in [0.29, 0.717) is 10.0 Å². The summed E-state index contributed by atoms with van der Waals surface area (Å²) in [5, 5.41) is 0. The Morgan fingerprint density at radius 2 is 2.07 bits per heavy atom. The average Bonchev–Trinajstić information content (AvgIpc) is 2.09. The summed E-state index contributed by atoms with van der Waals surface area (Å²) in [5.41, 5.74) is 5.78. The summed E-state index contributed by atoms with van der Waals surface area (Å²) in [6.45, 7) is 1.66. The van der Waals surface area contributed by atoms with Gasteiger partial charge in [-0.05, 0) is 25.1 Å². The lowest BCUT2D eigenvalue weighted by atomic mass is 10.0. The first-order valence-corrected chi connectivity index (χ1v) is 5.12. The molecule has 1 nitrogen and oxygen atoms in total. The van der Waals surface area contributed by atoms with E-state index in [4.69, 9.17) is 5.73 Å². The minimum atomic E-state index is -2.83. The molecule has 0 aliphatic carbocycles. The normalized spacial score (nSPS) is 11.8. The predicted molar refractivity (Wildman–Crippen MR) is 56.4 cm³/mol. The molecular weight excluding hydrogens is 252 g/mol. The molecule has 1 rings (SSSR count). The Labute approximate surface area is 90.4 Å². The van der Waals surface area contributed by atoms with Crippen LogP contribution in [0, 0.1) is 6.92 Å². The topological polar surface area (TPSA) is 26.0 Å². The van der Waals surface area contributed by atoms with Crippen molar-refractivity contribution in [1.29, 1.82) is 0 Å². The smallest absolute Gasteiger partial charge is 0.274 e. The largest absolute Gasteiger partial charge is 0.330 e. The van der Waals surface area contributed by atoms with Crippen molar-refractivity contribution in [3.63, 3.8) is 0 Å². The second-order valence-corrected chi connectivity index (χ2v) is 4.01. The Morgan fingerprint density at radius 1 is 1.43 bits per heavy atom. The maximum absolute atomic E-state index is 13.5. The lowest BCUT2D eigenvalue weighted by Crippen LogP contribution is -2.19. The van der Waals surface area contributed by atoms with Crippen LogP contribution in [0.25, 0.3) is 0 Å². The number of benzene rings is 1. The molecule has 0 amide bonds. The number of hydrogen-bond donors (Lipinski definition) is 1. The molecule has 78 valence electrons.